The second-order valence-corrected chi connectivity index (χ2v) is 5.66. The molecule has 0 atom stereocenters. The van der Waals surface area contributed by atoms with Crippen molar-refractivity contribution in [2.75, 3.05) is 19.6 Å². The van der Waals surface area contributed by atoms with Crippen LogP contribution >= 0.6 is 0 Å². The monoisotopic (exact) mass is 274 g/mol. The number of nitrogens with zero attached hydrogens (tertiary/aromatic N) is 2. The van der Waals surface area contributed by atoms with Gasteiger partial charge in [0.05, 0.1) is 13.0 Å². The molecule has 1 heterocycles. The highest BCUT2D eigenvalue weighted by molar-refractivity contribution is 5.87. The van der Waals surface area contributed by atoms with E-state index in [1.165, 1.54) is 0 Å². The summed E-state index contributed by atoms with van der Waals surface area (Å²) in [4.78, 5) is 27.7. The van der Waals surface area contributed by atoms with Crippen LogP contribution in [0.5, 0.6) is 0 Å². The lowest BCUT2D eigenvalue weighted by Gasteiger charge is -2.36. The van der Waals surface area contributed by atoms with Gasteiger partial charge < -0.3 is 9.80 Å². The van der Waals surface area contributed by atoms with E-state index in [4.69, 9.17) is 0 Å². The van der Waals surface area contributed by atoms with E-state index in [0.717, 1.165) is 11.1 Å². The average Bonchev–Trinajstić information content (AvgIpc) is 2.38. The number of aryl methyl sites for hydroxylation is 1. The normalized spacial score (nSPS) is 15.9. The summed E-state index contributed by atoms with van der Waals surface area (Å²) >= 11 is 0. The third-order valence-corrected chi connectivity index (χ3v) is 3.67. The highest BCUT2D eigenvalue weighted by atomic mass is 16.2. The minimum atomic E-state index is 0.0346. The van der Waals surface area contributed by atoms with E-state index < -0.39 is 0 Å². The molecule has 0 unspecified atom stereocenters. The van der Waals surface area contributed by atoms with Crippen molar-refractivity contribution in [3.63, 3.8) is 0 Å². The summed E-state index contributed by atoms with van der Waals surface area (Å²) in [5.41, 5.74) is 2.16. The zero-order valence-electron chi connectivity index (χ0n) is 12.4. The minimum absolute atomic E-state index is 0.0346. The third kappa shape index (κ3) is 3.38. The molecule has 0 aromatic heterocycles. The molecule has 0 saturated carbocycles. The molecule has 20 heavy (non-hydrogen) atoms. The maximum Gasteiger partial charge on any atom is 0.242 e. The van der Waals surface area contributed by atoms with E-state index in [-0.39, 0.29) is 24.4 Å². The molecule has 0 bridgehead atoms. The number of carbonyl (C=O) groups excluding carboxylic acids is 2. The Kier molecular flexibility index (Phi) is 4.42. The molecule has 1 aliphatic rings. The van der Waals surface area contributed by atoms with E-state index in [1.54, 1.807) is 4.90 Å². The van der Waals surface area contributed by atoms with Gasteiger partial charge in [0.1, 0.15) is 0 Å². The molecule has 1 aliphatic heterocycles. The molecule has 1 fully saturated rings. The fourth-order valence-electron chi connectivity index (χ4n) is 2.55. The van der Waals surface area contributed by atoms with Gasteiger partial charge in [-0.05, 0) is 26.3 Å². The van der Waals surface area contributed by atoms with Gasteiger partial charge in [0.25, 0.3) is 0 Å². The summed E-state index contributed by atoms with van der Waals surface area (Å²) in [5.74, 6) is 0.0798. The SMILES string of the molecule is Cc1cccc(CC(=O)N2CCN(C(C)C)C(=O)C2)c1. The first-order valence-electron chi connectivity index (χ1n) is 7.10. The first-order valence-corrected chi connectivity index (χ1v) is 7.10. The van der Waals surface area contributed by atoms with Crippen molar-refractivity contribution in [2.45, 2.75) is 33.2 Å². The first kappa shape index (κ1) is 14.6. The standard InChI is InChI=1S/C16H22N2O2/c1-12(2)18-8-7-17(11-16(18)20)15(19)10-14-6-4-5-13(3)9-14/h4-6,9,12H,7-8,10-11H2,1-3H3. The summed E-state index contributed by atoms with van der Waals surface area (Å²) in [7, 11) is 0. The van der Waals surface area contributed by atoms with Crippen molar-refractivity contribution in [1.29, 1.82) is 0 Å². The number of hydrogen-bond donors (Lipinski definition) is 0. The van der Waals surface area contributed by atoms with Crippen molar-refractivity contribution in [3.8, 4) is 0 Å². The third-order valence-electron chi connectivity index (χ3n) is 3.67. The molecule has 0 aliphatic carbocycles. The Balaban J connectivity index is 1.96. The predicted octanol–water partition coefficient (Wildman–Crippen LogP) is 1.62. The van der Waals surface area contributed by atoms with Crippen LogP contribution in [0.4, 0.5) is 0 Å². The second-order valence-electron chi connectivity index (χ2n) is 5.66. The summed E-state index contributed by atoms with van der Waals surface area (Å²) < 4.78 is 0. The number of benzene rings is 1. The van der Waals surface area contributed by atoms with E-state index >= 15 is 0 Å². The molecular weight excluding hydrogens is 252 g/mol. The Hall–Kier alpha value is -1.84. The number of rotatable bonds is 3. The first-order chi connectivity index (χ1) is 9.47. The van der Waals surface area contributed by atoms with Crippen LogP contribution in [0.1, 0.15) is 25.0 Å². The Morgan fingerprint density at radius 3 is 2.65 bits per heavy atom. The number of hydrogen-bond acceptors (Lipinski definition) is 2. The quantitative estimate of drug-likeness (QED) is 0.840. The van der Waals surface area contributed by atoms with Crippen LogP contribution in [0.15, 0.2) is 24.3 Å². The molecule has 2 amide bonds. The Morgan fingerprint density at radius 1 is 1.30 bits per heavy atom. The number of carbonyl (C=O) groups is 2. The van der Waals surface area contributed by atoms with Crippen molar-refractivity contribution in [3.05, 3.63) is 35.4 Å². The summed E-state index contributed by atoms with van der Waals surface area (Å²) in [6.45, 7) is 7.50. The van der Waals surface area contributed by atoms with E-state index in [0.29, 0.717) is 19.5 Å². The van der Waals surface area contributed by atoms with Gasteiger partial charge in [-0.2, -0.15) is 0 Å². The molecule has 4 heteroatoms. The van der Waals surface area contributed by atoms with Crippen LogP contribution in [0.2, 0.25) is 0 Å². The van der Waals surface area contributed by atoms with Gasteiger partial charge in [0, 0.05) is 19.1 Å². The molecule has 108 valence electrons. The number of amides is 2. The lowest BCUT2D eigenvalue weighted by Crippen LogP contribution is -2.54. The van der Waals surface area contributed by atoms with Crippen molar-refractivity contribution in [2.24, 2.45) is 0 Å². The molecule has 1 aromatic rings. The van der Waals surface area contributed by atoms with Crippen LogP contribution in [0, 0.1) is 6.92 Å². The van der Waals surface area contributed by atoms with Gasteiger partial charge >= 0.3 is 0 Å². The maximum absolute atomic E-state index is 12.3. The highest BCUT2D eigenvalue weighted by Crippen LogP contribution is 2.11. The predicted molar refractivity (Wildman–Crippen MR) is 78.3 cm³/mol. The second kappa shape index (κ2) is 6.07. The summed E-state index contributed by atoms with van der Waals surface area (Å²) in [5, 5.41) is 0. The fourth-order valence-corrected chi connectivity index (χ4v) is 2.55. The Morgan fingerprint density at radius 2 is 2.05 bits per heavy atom. The van der Waals surface area contributed by atoms with E-state index in [1.807, 2.05) is 49.9 Å². The lowest BCUT2D eigenvalue weighted by atomic mass is 10.1. The Bertz CT molecular complexity index is 511. The molecule has 1 aromatic carbocycles. The zero-order valence-corrected chi connectivity index (χ0v) is 12.4. The zero-order chi connectivity index (χ0) is 14.7. The van der Waals surface area contributed by atoms with Crippen molar-refractivity contribution >= 4 is 11.8 Å². The van der Waals surface area contributed by atoms with E-state index in [9.17, 15) is 9.59 Å². The largest absolute Gasteiger partial charge is 0.337 e. The van der Waals surface area contributed by atoms with Crippen LogP contribution < -0.4 is 0 Å². The molecule has 0 radical (unpaired) electrons. The van der Waals surface area contributed by atoms with Gasteiger partial charge in [0.2, 0.25) is 11.8 Å². The average molecular weight is 274 g/mol. The van der Waals surface area contributed by atoms with Gasteiger partial charge in [-0.15, -0.1) is 0 Å². The van der Waals surface area contributed by atoms with Crippen LogP contribution in [-0.2, 0) is 16.0 Å². The topological polar surface area (TPSA) is 40.6 Å². The summed E-state index contributed by atoms with van der Waals surface area (Å²) in [6.07, 6.45) is 0.372. The molecule has 2 rings (SSSR count). The molecule has 0 spiro atoms. The highest BCUT2D eigenvalue weighted by Gasteiger charge is 2.28. The fraction of sp³-hybridized carbons (Fsp3) is 0.500. The van der Waals surface area contributed by atoms with Crippen LogP contribution in [0.3, 0.4) is 0 Å². The molecular formula is C16H22N2O2. The number of piperazine rings is 1. The van der Waals surface area contributed by atoms with E-state index in [2.05, 4.69) is 0 Å². The maximum atomic E-state index is 12.3. The van der Waals surface area contributed by atoms with Gasteiger partial charge in [-0.3, -0.25) is 9.59 Å². The van der Waals surface area contributed by atoms with Crippen molar-refractivity contribution < 1.29 is 9.59 Å². The molecule has 1 saturated heterocycles. The van der Waals surface area contributed by atoms with Gasteiger partial charge in [-0.25, -0.2) is 0 Å². The van der Waals surface area contributed by atoms with Gasteiger partial charge in [-0.1, -0.05) is 29.8 Å². The van der Waals surface area contributed by atoms with Crippen LogP contribution in [-0.4, -0.2) is 47.3 Å². The van der Waals surface area contributed by atoms with Crippen LogP contribution in [0.25, 0.3) is 0 Å². The Labute approximate surface area is 120 Å². The summed E-state index contributed by atoms with van der Waals surface area (Å²) in [6, 6.07) is 8.15. The molecule has 0 N–H and O–H groups in total. The molecule has 4 nitrogen and oxygen atoms in total. The van der Waals surface area contributed by atoms with Gasteiger partial charge in [0.15, 0.2) is 0 Å². The van der Waals surface area contributed by atoms with Crippen molar-refractivity contribution in [1.82, 2.24) is 9.80 Å². The lowest BCUT2D eigenvalue weighted by molar-refractivity contribution is -0.146. The minimum Gasteiger partial charge on any atom is -0.337 e. The smallest absolute Gasteiger partial charge is 0.242 e.